The molecule has 1 amide bonds. The van der Waals surface area contributed by atoms with Crippen LogP contribution >= 0.6 is 0 Å². The van der Waals surface area contributed by atoms with Crippen molar-refractivity contribution in [3.63, 3.8) is 0 Å². The Hall–Kier alpha value is -2.89. The maximum atomic E-state index is 12.9. The quantitative estimate of drug-likeness (QED) is 0.601. The summed E-state index contributed by atoms with van der Waals surface area (Å²) in [6.07, 6.45) is 5.04. The summed E-state index contributed by atoms with van der Waals surface area (Å²) < 4.78 is 0. The molecule has 2 aromatic carbocycles. The summed E-state index contributed by atoms with van der Waals surface area (Å²) in [7, 11) is 0. The van der Waals surface area contributed by atoms with Gasteiger partial charge in [0.1, 0.15) is 5.69 Å². The number of hydrogen-bond acceptors (Lipinski definition) is 4. The van der Waals surface area contributed by atoms with Crippen molar-refractivity contribution in [2.45, 2.75) is 38.1 Å². The van der Waals surface area contributed by atoms with Crippen molar-refractivity contribution in [3.05, 3.63) is 69.8 Å². The monoisotopic (exact) mass is 379 g/mol. The number of hydrogen-bond donors (Lipinski definition) is 1. The summed E-state index contributed by atoms with van der Waals surface area (Å²) >= 11 is 0. The Kier molecular flexibility index (Phi) is 5.28. The van der Waals surface area contributed by atoms with Crippen molar-refractivity contribution in [2.24, 2.45) is 5.92 Å². The van der Waals surface area contributed by atoms with Gasteiger partial charge in [-0.3, -0.25) is 14.9 Å². The summed E-state index contributed by atoms with van der Waals surface area (Å²) in [5, 5.41) is 14.6. The first kappa shape index (κ1) is 18.5. The highest BCUT2D eigenvalue weighted by Crippen LogP contribution is 2.32. The number of rotatable bonds is 6. The number of benzene rings is 2. The van der Waals surface area contributed by atoms with E-state index in [9.17, 15) is 14.9 Å². The molecule has 146 valence electrons. The number of piperidine rings is 1. The zero-order valence-electron chi connectivity index (χ0n) is 15.8. The molecule has 28 heavy (non-hydrogen) atoms. The molecule has 2 fully saturated rings. The zero-order valence-corrected chi connectivity index (χ0v) is 15.8. The molecule has 1 N–H and O–H groups in total. The molecule has 2 aromatic rings. The van der Waals surface area contributed by atoms with Crippen molar-refractivity contribution in [1.29, 1.82) is 0 Å². The minimum absolute atomic E-state index is 0.0169. The lowest BCUT2D eigenvalue weighted by atomic mass is 9.90. The molecule has 6 heteroatoms. The Balaban J connectivity index is 1.39. The maximum Gasteiger partial charge on any atom is 0.293 e. The SMILES string of the molecule is O=C(c1ccc(NC2CC2)c([N+](=O)[O-])c1)N1CCC(Cc2ccccc2)CC1. The van der Waals surface area contributed by atoms with Crippen LogP contribution < -0.4 is 5.32 Å². The summed E-state index contributed by atoms with van der Waals surface area (Å²) in [5.74, 6) is 0.463. The lowest BCUT2D eigenvalue weighted by Gasteiger charge is -2.32. The van der Waals surface area contributed by atoms with E-state index in [2.05, 4.69) is 29.6 Å². The number of nitrogens with zero attached hydrogens (tertiary/aromatic N) is 2. The van der Waals surface area contributed by atoms with Crippen molar-refractivity contribution in [1.82, 2.24) is 4.90 Å². The van der Waals surface area contributed by atoms with Gasteiger partial charge in [0.25, 0.3) is 11.6 Å². The van der Waals surface area contributed by atoms with Crippen LogP contribution in [-0.2, 0) is 6.42 Å². The van der Waals surface area contributed by atoms with Crippen LogP contribution in [0, 0.1) is 16.0 Å². The van der Waals surface area contributed by atoms with Crippen molar-refractivity contribution in [3.8, 4) is 0 Å². The highest BCUT2D eigenvalue weighted by molar-refractivity contribution is 5.95. The molecule has 4 rings (SSSR count). The Morgan fingerprint density at radius 2 is 1.79 bits per heavy atom. The molecular weight excluding hydrogens is 354 g/mol. The fraction of sp³-hybridized carbons (Fsp3) is 0.409. The summed E-state index contributed by atoms with van der Waals surface area (Å²) in [5.41, 5.74) is 2.22. The predicted octanol–water partition coefficient (Wildman–Crippen LogP) is 4.26. The van der Waals surface area contributed by atoms with Crippen LogP contribution in [0.4, 0.5) is 11.4 Å². The van der Waals surface area contributed by atoms with Crippen LogP contribution in [-0.4, -0.2) is 34.9 Å². The Bertz CT molecular complexity index is 857. The van der Waals surface area contributed by atoms with Gasteiger partial charge in [0.15, 0.2) is 0 Å². The fourth-order valence-electron chi connectivity index (χ4n) is 3.86. The third-order valence-electron chi connectivity index (χ3n) is 5.65. The maximum absolute atomic E-state index is 12.9. The highest BCUT2D eigenvalue weighted by Gasteiger charge is 2.28. The van der Waals surface area contributed by atoms with E-state index in [1.807, 2.05) is 11.0 Å². The molecule has 0 aromatic heterocycles. The van der Waals surface area contributed by atoms with Gasteiger partial charge in [-0.25, -0.2) is 0 Å². The van der Waals surface area contributed by atoms with E-state index in [4.69, 9.17) is 0 Å². The standard InChI is InChI=1S/C22H25N3O3/c26-22(18-6-9-20(23-19-7-8-19)21(15-18)25(27)28)24-12-10-17(11-13-24)14-16-4-2-1-3-5-16/h1-6,9,15,17,19,23H,7-8,10-14H2. The number of nitro benzene ring substituents is 1. The molecule has 0 bridgehead atoms. The number of carbonyl (C=O) groups excluding carboxylic acids is 1. The third-order valence-corrected chi connectivity index (χ3v) is 5.65. The average Bonchev–Trinajstić information content (AvgIpc) is 3.53. The van der Waals surface area contributed by atoms with Gasteiger partial charge in [0.2, 0.25) is 0 Å². The Labute approximate surface area is 164 Å². The first-order valence-electron chi connectivity index (χ1n) is 9.98. The number of anilines is 1. The van der Waals surface area contributed by atoms with Crippen LogP contribution in [0.3, 0.4) is 0 Å². The number of nitrogens with one attached hydrogen (secondary N) is 1. The van der Waals surface area contributed by atoms with Crippen LogP contribution in [0.15, 0.2) is 48.5 Å². The van der Waals surface area contributed by atoms with Gasteiger partial charge in [-0.2, -0.15) is 0 Å². The van der Waals surface area contributed by atoms with E-state index in [0.29, 0.717) is 36.3 Å². The normalized spacial score (nSPS) is 17.4. The number of nitro groups is 1. The van der Waals surface area contributed by atoms with Crippen LogP contribution in [0.2, 0.25) is 0 Å². The first-order chi connectivity index (χ1) is 13.6. The topological polar surface area (TPSA) is 75.5 Å². The lowest BCUT2D eigenvalue weighted by molar-refractivity contribution is -0.384. The second-order valence-electron chi connectivity index (χ2n) is 7.83. The van der Waals surface area contributed by atoms with Gasteiger partial charge in [-0.15, -0.1) is 0 Å². The van der Waals surface area contributed by atoms with E-state index in [1.165, 1.54) is 11.6 Å². The molecule has 1 aliphatic heterocycles. The van der Waals surface area contributed by atoms with Crippen molar-refractivity contribution >= 4 is 17.3 Å². The predicted molar refractivity (Wildman–Crippen MR) is 109 cm³/mol. The highest BCUT2D eigenvalue weighted by atomic mass is 16.6. The van der Waals surface area contributed by atoms with Gasteiger partial charge < -0.3 is 10.2 Å². The van der Waals surface area contributed by atoms with E-state index >= 15 is 0 Å². The molecule has 2 aliphatic rings. The van der Waals surface area contributed by atoms with Crippen molar-refractivity contribution < 1.29 is 9.72 Å². The molecular formula is C22H25N3O3. The van der Waals surface area contributed by atoms with E-state index in [0.717, 1.165) is 32.1 Å². The molecule has 0 atom stereocenters. The van der Waals surface area contributed by atoms with Gasteiger partial charge in [0, 0.05) is 30.8 Å². The number of carbonyl (C=O) groups is 1. The number of likely N-dealkylation sites (tertiary alicyclic amines) is 1. The Morgan fingerprint density at radius 3 is 2.43 bits per heavy atom. The average molecular weight is 379 g/mol. The second kappa shape index (κ2) is 8.00. The third kappa shape index (κ3) is 4.32. The molecule has 6 nitrogen and oxygen atoms in total. The first-order valence-corrected chi connectivity index (χ1v) is 9.98. The summed E-state index contributed by atoms with van der Waals surface area (Å²) in [4.78, 5) is 25.7. The Morgan fingerprint density at radius 1 is 1.07 bits per heavy atom. The zero-order chi connectivity index (χ0) is 19.5. The minimum atomic E-state index is -0.409. The second-order valence-corrected chi connectivity index (χ2v) is 7.83. The van der Waals surface area contributed by atoms with Crippen LogP contribution in [0.25, 0.3) is 0 Å². The van der Waals surface area contributed by atoms with E-state index in [1.54, 1.807) is 12.1 Å². The van der Waals surface area contributed by atoms with E-state index in [-0.39, 0.29) is 11.6 Å². The van der Waals surface area contributed by atoms with E-state index < -0.39 is 4.92 Å². The van der Waals surface area contributed by atoms with Gasteiger partial charge in [-0.1, -0.05) is 30.3 Å². The lowest BCUT2D eigenvalue weighted by Crippen LogP contribution is -2.38. The molecule has 0 radical (unpaired) electrons. The molecule has 0 unspecified atom stereocenters. The van der Waals surface area contributed by atoms with Crippen LogP contribution in [0.5, 0.6) is 0 Å². The number of amides is 1. The smallest absolute Gasteiger partial charge is 0.293 e. The largest absolute Gasteiger partial charge is 0.377 e. The van der Waals surface area contributed by atoms with Crippen molar-refractivity contribution in [2.75, 3.05) is 18.4 Å². The fourth-order valence-corrected chi connectivity index (χ4v) is 3.86. The molecule has 1 saturated heterocycles. The minimum Gasteiger partial charge on any atom is -0.377 e. The van der Waals surface area contributed by atoms with Gasteiger partial charge in [-0.05, 0) is 55.7 Å². The molecule has 1 heterocycles. The van der Waals surface area contributed by atoms with Gasteiger partial charge >= 0.3 is 0 Å². The summed E-state index contributed by atoms with van der Waals surface area (Å²) in [6.45, 7) is 1.40. The molecule has 1 saturated carbocycles. The molecule has 0 spiro atoms. The van der Waals surface area contributed by atoms with Gasteiger partial charge in [0.05, 0.1) is 4.92 Å². The molecule has 1 aliphatic carbocycles. The van der Waals surface area contributed by atoms with Crippen LogP contribution in [0.1, 0.15) is 41.6 Å². The summed E-state index contributed by atoms with van der Waals surface area (Å²) in [6, 6.07) is 15.6.